The fraction of sp³-hybridized carbons (Fsp3) is 0.412. The quantitative estimate of drug-likeness (QED) is 0.798. The van der Waals surface area contributed by atoms with Gasteiger partial charge in [0.2, 0.25) is 0 Å². The standard InChI is InChI=1S/C17H19N3O2/c1-2-14-19-15-12-7-3-4-8-13(12)22-16(15)17(20-14)18-10-11-6-5-9-21-11/h3-4,7-8,11H,2,5-6,9-10H2,1H3,(H,18,19,20)/t11-/m0/s1. The number of rotatable bonds is 4. The fourth-order valence-corrected chi connectivity index (χ4v) is 2.93. The first kappa shape index (κ1) is 13.5. The number of fused-ring (bicyclic) bond motifs is 3. The first-order valence-electron chi connectivity index (χ1n) is 7.89. The smallest absolute Gasteiger partial charge is 0.196 e. The van der Waals surface area contributed by atoms with Gasteiger partial charge in [0.05, 0.1) is 6.10 Å². The van der Waals surface area contributed by atoms with Crippen molar-refractivity contribution in [3.63, 3.8) is 0 Å². The second kappa shape index (κ2) is 5.57. The molecule has 0 amide bonds. The van der Waals surface area contributed by atoms with Crippen LogP contribution in [0.4, 0.5) is 5.82 Å². The molecule has 3 heterocycles. The van der Waals surface area contributed by atoms with Crippen LogP contribution in [0.15, 0.2) is 28.7 Å². The molecule has 1 atom stereocenters. The van der Waals surface area contributed by atoms with Crippen LogP contribution < -0.4 is 5.32 Å². The molecule has 1 aliphatic rings. The highest BCUT2D eigenvalue weighted by atomic mass is 16.5. The highest BCUT2D eigenvalue weighted by Crippen LogP contribution is 2.31. The van der Waals surface area contributed by atoms with E-state index in [4.69, 9.17) is 9.15 Å². The zero-order valence-electron chi connectivity index (χ0n) is 12.6. The summed E-state index contributed by atoms with van der Waals surface area (Å²) < 4.78 is 11.6. The second-order valence-electron chi connectivity index (χ2n) is 5.63. The molecule has 1 aliphatic heterocycles. The Balaban J connectivity index is 1.77. The number of nitrogens with one attached hydrogen (secondary N) is 1. The van der Waals surface area contributed by atoms with Gasteiger partial charge in [-0.15, -0.1) is 0 Å². The maximum atomic E-state index is 5.97. The molecule has 1 fully saturated rings. The van der Waals surface area contributed by atoms with Crippen molar-refractivity contribution in [2.24, 2.45) is 0 Å². The number of para-hydroxylation sites is 1. The van der Waals surface area contributed by atoms with Gasteiger partial charge in [0.1, 0.15) is 16.9 Å². The summed E-state index contributed by atoms with van der Waals surface area (Å²) in [4.78, 5) is 9.25. The lowest BCUT2D eigenvalue weighted by Crippen LogP contribution is -2.19. The molecule has 0 radical (unpaired) electrons. The molecule has 0 unspecified atom stereocenters. The summed E-state index contributed by atoms with van der Waals surface area (Å²) in [5.74, 6) is 1.60. The predicted octanol–water partition coefficient (Wildman–Crippen LogP) is 3.53. The van der Waals surface area contributed by atoms with Crippen molar-refractivity contribution in [3.05, 3.63) is 30.1 Å². The molecule has 4 rings (SSSR count). The van der Waals surface area contributed by atoms with Gasteiger partial charge in [-0.2, -0.15) is 0 Å². The first-order chi connectivity index (χ1) is 10.8. The minimum Gasteiger partial charge on any atom is -0.450 e. The van der Waals surface area contributed by atoms with Gasteiger partial charge in [0.15, 0.2) is 11.4 Å². The molecule has 2 aromatic heterocycles. The van der Waals surface area contributed by atoms with Gasteiger partial charge in [-0.25, -0.2) is 9.97 Å². The summed E-state index contributed by atoms with van der Waals surface area (Å²) in [5, 5.41) is 4.43. The maximum absolute atomic E-state index is 5.97. The van der Waals surface area contributed by atoms with E-state index >= 15 is 0 Å². The molecule has 1 saturated heterocycles. The van der Waals surface area contributed by atoms with Crippen molar-refractivity contribution < 1.29 is 9.15 Å². The lowest BCUT2D eigenvalue weighted by Gasteiger charge is -2.11. The third-order valence-corrected chi connectivity index (χ3v) is 4.10. The Morgan fingerprint density at radius 3 is 3.00 bits per heavy atom. The van der Waals surface area contributed by atoms with Crippen molar-refractivity contribution in [3.8, 4) is 0 Å². The Morgan fingerprint density at radius 2 is 2.18 bits per heavy atom. The van der Waals surface area contributed by atoms with Crippen LogP contribution in [0, 0.1) is 0 Å². The minimum absolute atomic E-state index is 0.263. The average molecular weight is 297 g/mol. The Morgan fingerprint density at radius 1 is 1.27 bits per heavy atom. The molecule has 5 nitrogen and oxygen atoms in total. The van der Waals surface area contributed by atoms with E-state index in [0.29, 0.717) is 0 Å². The molecule has 22 heavy (non-hydrogen) atoms. The zero-order valence-corrected chi connectivity index (χ0v) is 12.6. The molecule has 5 heteroatoms. The van der Waals surface area contributed by atoms with E-state index in [0.717, 1.165) is 66.1 Å². The Labute approximate surface area is 128 Å². The van der Waals surface area contributed by atoms with Crippen molar-refractivity contribution in [1.29, 1.82) is 0 Å². The lowest BCUT2D eigenvalue weighted by atomic mass is 10.2. The summed E-state index contributed by atoms with van der Waals surface area (Å²) in [6, 6.07) is 7.98. The molecular weight excluding hydrogens is 278 g/mol. The maximum Gasteiger partial charge on any atom is 0.196 e. The van der Waals surface area contributed by atoms with Crippen molar-refractivity contribution >= 4 is 27.9 Å². The fourth-order valence-electron chi connectivity index (χ4n) is 2.93. The van der Waals surface area contributed by atoms with Crippen LogP contribution in [0.1, 0.15) is 25.6 Å². The summed E-state index contributed by atoms with van der Waals surface area (Å²) in [6.45, 7) is 3.68. The van der Waals surface area contributed by atoms with Gasteiger partial charge in [0.25, 0.3) is 0 Å². The normalized spacial score (nSPS) is 18.3. The molecular formula is C17H19N3O2. The van der Waals surface area contributed by atoms with Crippen LogP contribution >= 0.6 is 0 Å². The van der Waals surface area contributed by atoms with E-state index in [1.54, 1.807) is 0 Å². The molecule has 114 valence electrons. The van der Waals surface area contributed by atoms with Gasteiger partial charge >= 0.3 is 0 Å². The van der Waals surface area contributed by atoms with E-state index < -0.39 is 0 Å². The highest BCUT2D eigenvalue weighted by molar-refractivity contribution is 6.05. The van der Waals surface area contributed by atoms with Gasteiger partial charge < -0.3 is 14.5 Å². The van der Waals surface area contributed by atoms with E-state index in [1.807, 2.05) is 24.3 Å². The number of aryl methyl sites for hydroxylation is 1. The van der Waals surface area contributed by atoms with Crippen LogP contribution in [0.3, 0.4) is 0 Å². The van der Waals surface area contributed by atoms with Crippen LogP contribution in [-0.4, -0.2) is 29.2 Å². The van der Waals surface area contributed by atoms with E-state index in [2.05, 4.69) is 22.2 Å². The van der Waals surface area contributed by atoms with Crippen molar-refractivity contribution in [2.75, 3.05) is 18.5 Å². The Kier molecular flexibility index (Phi) is 3.42. The number of ether oxygens (including phenoxy) is 1. The second-order valence-corrected chi connectivity index (χ2v) is 5.63. The lowest BCUT2D eigenvalue weighted by molar-refractivity contribution is 0.120. The van der Waals surface area contributed by atoms with E-state index in [9.17, 15) is 0 Å². The van der Waals surface area contributed by atoms with Gasteiger partial charge in [-0.1, -0.05) is 19.1 Å². The number of anilines is 1. The molecule has 3 aromatic rings. The molecule has 1 aromatic carbocycles. The van der Waals surface area contributed by atoms with E-state index in [-0.39, 0.29) is 6.10 Å². The molecule has 0 saturated carbocycles. The number of benzene rings is 1. The minimum atomic E-state index is 0.263. The number of hydrogen-bond donors (Lipinski definition) is 1. The Bertz CT molecular complexity index is 806. The third kappa shape index (κ3) is 2.31. The van der Waals surface area contributed by atoms with Crippen LogP contribution in [0.5, 0.6) is 0 Å². The monoisotopic (exact) mass is 297 g/mol. The molecule has 1 N–H and O–H groups in total. The number of aromatic nitrogens is 2. The Hall–Kier alpha value is -2.14. The first-order valence-corrected chi connectivity index (χ1v) is 7.89. The summed E-state index contributed by atoms with van der Waals surface area (Å²) in [6.07, 6.45) is 3.29. The molecule has 0 aliphatic carbocycles. The summed E-state index contributed by atoms with van der Waals surface area (Å²) >= 11 is 0. The number of nitrogens with zero attached hydrogens (tertiary/aromatic N) is 2. The highest BCUT2D eigenvalue weighted by Gasteiger charge is 2.18. The zero-order chi connectivity index (χ0) is 14.9. The van der Waals surface area contributed by atoms with E-state index in [1.165, 1.54) is 0 Å². The number of furan rings is 1. The van der Waals surface area contributed by atoms with Crippen molar-refractivity contribution in [1.82, 2.24) is 9.97 Å². The van der Waals surface area contributed by atoms with Gasteiger partial charge in [-0.05, 0) is 25.0 Å². The third-order valence-electron chi connectivity index (χ3n) is 4.10. The number of hydrogen-bond acceptors (Lipinski definition) is 5. The van der Waals surface area contributed by atoms with Crippen LogP contribution in [0.2, 0.25) is 0 Å². The van der Waals surface area contributed by atoms with Gasteiger partial charge in [0, 0.05) is 25.0 Å². The topological polar surface area (TPSA) is 60.2 Å². The summed E-state index contributed by atoms with van der Waals surface area (Å²) in [5.41, 5.74) is 2.47. The molecule has 0 bridgehead atoms. The average Bonchev–Trinajstić information content (AvgIpc) is 3.20. The van der Waals surface area contributed by atoms with Crippen LogP contribution in [-0.2, 0) is 11.2 Å². The molecule has 0 spiro atoms. The van der Waals surface area contributed by atoms with Gasteiger partial charge in [-0.3, -0.25) is 0 Å². The summed E-state index contributed by atoms with van der Waals surface area (Å²) in [7, 11) is 0. The SMILES string of the molecule is CCc1nc(NC[C@@H]2CCCO2)c2oc3ccccc3c2n1. The van der Waals surface area contributed by atoms with Crippen molar-refractivity contribution in [2.45, 2.75) is 32.3 Å². The largest absolute Gasteiger partial charge is 0.450 e. The predicted molar refractivity (Wildman–Crippen MR) is 86.2 cm³/mol. The van der Waals surface area contributed by atoms with Crippen LogP contribution in [0.25, 0.3) is 22.1 Å².